The molecule has 0 spiro atoms. The van der Waals surface area contributed by atoms with E-state index in [9.17, 15) is 0 Å². The molecule has 1 aliphatic heterocycles. The molecular weight excluding hydrogens is 212 g/mol. The summed E-state index contributed by atoms with van der Waals surface area (Å²) in [7, 11) is 0. The first-order valence-corrected chi connectivity index (χ1v) is 6.04. The van der Waals surface area contributed by atoms with Gasteiger partial charge in [-0.3, -0.25) is 4.98 Å². The molecule has 1 fully saturated rings. The van der Waals surface area contributed by atoms with Gasteiger partial charge in [-0.15, -0.1) is 0 Å². The lowest BCUT2D eigenvalue weighted by Crippen LogP contribution is -2.20. The lowest BCUT2D eigenvalue weighted by Gasteiger charge is -2.07. The number of nitrogens with zero attached hydrogens (tertiary/aromatic N) is 1. The predicted octanol–water partition coefficient (Wildman–Crippen LogP) is 2.37. The molecule has 1 saturated heterocycles. The van der Waals surface area contributed by atoms with E-state index in [1.165, 1.54) is 23.8 Å². The first-order valence-electron chi connectivity index (χ1n) is 6.04. The number of aromatic nitrogens is 1. The molecule has 0 amide bonds. The van der Waals surface area contributed by atoms with Crippen LogP contribution in [0.4, 0.5) is 0 Å². The molecule has 88 valence electrons. The number of hydrogen-bond donors (Lipinski definition) is 1. The molecule has 2 heterocycles. The van der Waals surface area contributed by atoms with Crippen LogP contribution >= 0.6 is 0 Å². The molecule has 0 bridgehead atoms. The monoisotopic (exact) mass is 228 g/mol. The highest BCUT2D eigenvalue weighted by atomic mass is 16.5. The van der Waals surface area contributed by atoms with Crippen LogP contribution in [0.1, 0.15) is 18.4 Å². The Kier molecular flexibility index (Phi) is 2.69. The SMILES string of the molecule is C=COc1cncc(C2=C[C@@H]3NCC[C@@H]3C2)c1. The fourth-order valence-corrected chi connectivity index (χ4v) is 2.74. The Labute approximate surface area is 101 Å². The van der Waals surface area contributed by atoms with Crippen molar-refractivity contribution in [2.45, 2.75) is 18.9 Å². The number of ether oxygens (including phenoxy) is 1. The minimum Gasteiger partial charge on any atom is -0.464 e. The summed E-state index contributed by atoms with van der Waals surface area (Å²) in [5.74, 6) is 1.53. The molecule has 3 heteroatoms. The lowest BCUT2D eigenvalue weighted by atomic mass is 10.00. The van der Waals surface area contributed by atoms with E-state index >= 15 is 0 Å². The summed E-state index contributed by atoms with van der Waals surface area (Å²) in [4.78, 5) is 4.21. The molecule has 0 saturated carbocycles. The smallest absolute Gasteiger partial charge is 0.145 e. The van der Waals surface area contributed by atoms with Crippen molar-refractivity contribution in [1.29, 1.82) is 0 Å². The third-order valence-corrected chi connectivity index (χ3v) is 3.57. The van der Waals surface area contributed by atoms with Gasteiger partial charge in [-0.05, 0) is 42.5 Å². The summed E-state index contributed by atoms with van der Waals surface area (Å²) in [5, 5.41) is 3.51. The molecule has 0 aromatic carbocycles. The zero-order valence-electron chi connectivity index (χ0n) is 9.73. The van der Waals surface area contributed by atoms with Crippen LogP contribution in [0.25, 0.3) is 5.57 Å². The first-order chi connectivity index (χ1) is 8.36. The second-order valence-corrected chi connectivity index (χ2v) is 4.62. The van der Waals surface area contributed by atoms with Crippen molar-refractivity contribution in [2.24, 2.45) is 5.92 Å². The molecule has 2 atom stereocenters. The summed E-state index contributed by atoms with van der Waals surface area (Å²) in [6, 6.07) is 2.59. The highest BCUT2D eigenvalue weighted by Crippen LogP contribution is 2.37. The van der Waals surface area contributed by atoms with Gasteiger partial charge in [0.15, 0.2) is 0 Å². The van der Waals surface area contributed by atoms with Crippen molar-refractivity contribution >= 4 is 5.57 Å². The third kappa shape index (κ3) is 1.98. The second kappa shape index (κ2) is 4.34. The maximum Gasteiger partial charge on any atom is 0.145 e. The largest absolute Gasteiger partial charge is 0.464 e. The first kappa shape index (κ1) is 10.5. The topological polar surface area (TPSA) is 34.1 Å². The lowest BCUT2D eigenvalue weighted by molar-refractivity contribution is 0.481. The van der Waals surface area contributed by atoms with E-state index in [1.54, 1.807) is 6.20 Å². The van der Waals surface area contributed by atoms with Gasteiger partial charge in [-0.1, -0.05) is 12.7 Å². The Hall–Kier alpha value is -1.61. The number of fused-ring (bicyclic) bond motifs is 1. The van der Waals surface area contributed by atoms with Gasteiger partial charge in [0.25, 0.3) is 0 Å². The van der Waals surface area contributed by atoms with Gasteiger partial charge in [0.05, 0.1) is 12.5 Å². The van der Waals surface area contributed by atoms with Crippen LogP contribution < -0.4 is 10.1 Å². The maximum absolute atomic E-state index is 5.26. The van der Waals surface area contributed by atoms with Crippen LogP contribution in [0.5, 0.6) is 5.75 Å². The molecule has 0 unspecified atom stereocenters. The molecule has 0 radical (unpaired) electrons. The third-order valence-electron chi connectivity index (χ3n) is 3.57. The van der Waals surface area contributed by atoms with E-state index in [-0.39, 0.29) is 0 Å². The van der Waals surface area contributed by atoms with Crippen LogP contribution in [-0.4, -0.2) is 17.6 Å². The number of hydrogen-bond acceptors (Lipinski definition) is 3. The molecule has 2 aliphatic rings. The van der Waals surface area contributed by atoms with Gasteiger partial charge >= 0.3 is 0 Å². The van der Waals surface area contributed by atoms with E-state index in [4.69, 9.17) is 4.74 Å². The fourth-order valence-electron chi connectivity index (χ4n) is 2.74. The number of allylic oxidation sites excluding steroid dienone is 1. The summed E-state index contributed by atoms with van der Waals surface area (Å²) < 4.78 is 5.26. The quantitative estimate of drug-likeness (QED) is 0.806. The Morgan fingerprint density at radius 1 is 1.47 bits per heavy atom. The molecule has 1 N–H and O–H groups in total. The van der Waals surface area contributed by atoms with Crippen LogP contribution in [0.15, 0.2) is 37.4 Å². The van der Waals surface area contributed by atoms with Crippen molar-refractivity contribution in [2.75, 3.05) is 6.54 Å². The van der Waals surface area contributed by atoms with Crippen LogP contribution in [0.3, 0.4) is 0 Å². The fraction of sp³-hybridized carbons (Fsp3) is 0.357. The van der Waals surface area contributed by atoms with Gasteiger partial charge in [-0.2, -0.15) is 0 Å². The average Bonchev–Trinajstić information content (AvgIpc) is 2.89. The van der Waals surface area contributed by atoms with Crippen molar-refractivity contribution in [3.63, 3.8) is 0 Å². The highest BCUT2D eigenvalue weighted by molar-refractivity contribution is 5.69. The van der Waals surface area contributed by atoms with Gasteiger partial charge < -0.3 is 10.1 Å². The molecule has 3 rings (SSSR count). The van der Waals surface area contributed by atoms with Gasteiger partial charge in [0, 0.05) is 12.2 Å². The summed E-state index contributed by atoms with van der Waals surface area (Å²) in [5.41, 5.74) is 2.55. The molecular formula is C14H16N2O. The van der Waals surface area contributed by atoms with Crippen molar-refractivity contribution < 1.29 is 4.74 Å². The van der Waals surface area contributed by atoms with Gasteiger partial charge in [0.2, 0.25) is 0 Å². The Morgan fingerprint density at radius 2 is 2.41 bits per heavy atom. The van der Waals surface area contributed by atoms with Crippen molar-refractivity contribution in [3.8, 4) is 5.75 Å². The Bertz CT molecular complexity index is 467. The maximum atomic E-state index is 5.26. The number of pyridine rings is 1. The predicted molar refractivity (Wildman–Crippen MR) is 67.6 cm³/mol. The summed E-state index contributed by atoms with van der Waals surface area (Å²) in [6.45, 7) is 4.70. The zero-order chi connectivity index (χ0) is 11.7. The van der Waals surface area contributed by atoms with Gasteiger partial charge in [0.1, 0.15) is 5.75 Å². The number of rotatable bonds is 3. The average molecular weight is 228 g/mol. The van der Waals surface area contributed by atoms with Crippen molar-refractivity contribution in [3.05, 3.63) is 42.9 Å². The number of nitrogens with one attached hydrogen (secondary N) is 1. The van der Waals surface area contributed by atoms with Crippen LogP contribution in [-0.2, 0) is 0 Å². The molecule has 17 heavy (non-hydrogen) atoms. The van der Waals surface area contributed by atoms with E-state index < -0.39 is 0 Å². The molecule has 1 aromatic rings. The second-order valence-electron chi connectivity index (χ2n) is 4.62. The highest BCUT2D eigenvalue weighted by Gasteiger charge is 2.31. The Morgan fingerprint density at radius 3 is 3.24 bits per heavy atom. The van der Waals surface area contributed by atoms with E-state index in [2.05, 4.69) is 23.0 Å². The minimum atomic E-state index is 0.564. The van der Waals surface area contributed by atoms with Crippen LogP contribution in [0.2, 0.25) is 0 Å². The summed E-state index contributed by atoms with van der Waals surface area (Å²) in [6.07, 6.45) is 9.81. The van der Waals surface area contributed by atoms with Gasteiger partial charge in [-0.25, -0.2) is 0 Å². The van der Waals surface area contributed by atoms with Crippen molar-refractivity contribution in [1.82, 2.24) is 10.3 Å². The van der Waals surface area contributed by atoms with E-state index in [0.717, 1.165) is 24.6 Å². The summed E-state index contributed by atoms with van der Waals surface area (Å²) >= 11 is 0. The minimum absolute atomic E-state index is 0.564. The zero-order valence-corrected chi connectivity index (χ0v) is 9.73. The van der Waals surface area contributed by atoms with E-state index in [0.29, 0.717) is 6.04 Å². The molecule has 1 aromatic heterocycles. The van der Waals surface area contributed by atoms with Crippen LogP contribution in [0, 0.1) is 5.92 Å². The Balaban J connectivity index is 1.84. The molecule has 3 nitrogen and oxygen atoms in total. The standard InChI is InChI=1S/C14H16N2O/c1-2-17-13-6-12(8-15-9-13)11-5-10-3-4-16-14(10)7-11/h2,6-10,14,16H,1,3-5H2/t10-,14+/m1/s1. The normalized spacial score (nSPS) is 26.5. The molecule has 1 aliphatic carbocycles. The van der Waals surface area contributed by atoms with E-state index in [1.807, 2.05) is 12.3 Å².